The highest BCUT2D eigenvalue weighted by Crippen LogP contribution is 2.45. The van der Waals surface area contributed by atoms with Gasteiger partial charge in [-0.15, -0.1) is 0 Å². The smallest absolute Gasteiger partial charge is 0.116 e. The SMILES string of the molecule is CCC1(CC)CC(OC)CN(C(C)(C)C)C1OC. The van der Waals surface area contributed by atoms with E-state index in [2.05, 4.69) is 39.5 Å². The first-order chi connectivity index (χ1) is 8.34. The first-order valence-corrected chi connectivity index (χ1v) is 7.17. The molecule has 18 heavy (non-hydrogen) atoms. The van der Waals surface area contributed by atoms with Crippen LogP contribution in [0.2, 0.25) is 0 Å². The molecule has 1 aliphatic heterocycles. The summed E-state index contributed by atoms with van der Waals surface area (Å²) < 4.78 is 11.6. The second-order valence-electron chi connectivity index (χ2n) is 6.54. The number of hydrogen-bond acceptors (Lipinski definition) is 3. The van der Waals surface area contributed by atoms with E-state index in [1.54, 1.807) is 0 Å². The lowest BCUT2D eigenvalue weighted by molar-refractivity contribution is -0.203. The second-order valence-corrected chi connectivity index (χ2v) is 6.54. The lowest BCUT2D eigenvalue weighted by Gasteiger charge is -2.55. The summed E-state index contributed by atoms with van der Waals surface area (Å²) in [6, 6.07) is 0. The summed E-state index contributed by atoms with van der Waals surface area (Å²) in [6.45, 7) is 12.3. The Bertz CT molecular complexity index is 256. The van der Waals surface area contributed by atoms with E-state index in [0.717, 1.165) is 25.8 Å². The highest BCUT2D eigenvalue weighted by molar-refractivity contribution is 4.97. The van der Waals surface area contributed by atoms with Gasteiger partial charge in [-0.25, -0.2) is 0 Å². The third-order valence-electron chi connectivity index (χ3n) is 4.67. The van der Waals surface area contributed by atoms with Gasteiger partial charge >= 0.3 is 0 Å². The van der Waals surface area contributed by atoms with Gasteiger partial charge in [0.2, 0.25) is 0 Å². The van der Waals surface area contributed by atoms with Crippen molar-refractivity contribution in [3.05, 3.63) is 0 Å². The van der Waals surface area contributed by atoms with E-state index >= 15 is 0 Å². The molecule has 1 aliphatic rings. The lowest BCUT2D eigenvalue weighted by Crippen LogP contribution is -2.63. The molecule has 0 aromatic heterocycles. The van der Waals surface area contributed by atoms with Crippen molar-refractivity contribution in [3.63, 3.8) is 0 Å². The summed E-state index contributed by atoms with van der Waals surface area (Å²) in [6.07, 6.45) is 3.87. The molecule has 0 amide bonds. The molecule has 1 saturated heterocycles. The molecule has 1 rings (SSSR count). The third kappa shape index (κ3) is 2.89. The molecule has 2 atom stereocenters. The third-order valence-corrected chi connectivity index (χ3v) is 4.67. The topological polar surface area (TPSA) is 21.7 Å². The summed E-state index contributed by atoms with van der Waals surface area (Å²) in [5.41, 5.74) is 0.314. The van der Waals surface area contributed by atoms with Crippen LogP contribution in [-0.2, 0) is 9.47 Å². The van der Waals surface area contributed by atoms with Crippen molar-refractivity contribution in [2.24, 2.45) is 5.41 Å². The molecular weight excluding hydrogens is 226 g/mol. The molecule has 3 heteroatoms. The molecule has 0 aliphatic carbocycles. The van der Waals surface area contributed by atoms with Gasteiger partial charge in [0.15, 0.2) is 0 Å². The molecule has 0 aromatic rings. The summed E-state index contributed by atoms with van der Waals surface area (Å²) >= 11 is 0. The fourth-order valence-electron chi connectivity index (χ4n) is 3.31. The van der Waals surface area contributed by atoms with Crippen LogP contribution in [0.5, 0.6) is 0 Å². The van der Waals surface area contributed by atoms with Gasteiger partial charge in [-0.3, -0.25) is 4.90 Å². The zero-order chi connectivity index (χ0) is 14.0. The average Bonchev–Trinajstić information content (AvgIpc) is 2.35. The van der Waals surface area contributed by atoms with Gasteiger partial charge in [-0.2, -0.15) is 0 Å². The Kier molecular flexibility index (Phi) is 5.22. The molecule has 108 valence electrons. The van der Waals surface area contributed by atoms with Gasteiger partial charge in [0.1, 0.15) is 6.23 Å². The van der Waals surface area contributed by atoms with Crippen molar-refractivity contribution in [2.75, 3.05) is 20.8 Å². The summed E-state index contributed by atoms with van der Waals surface area (Å²) in [7, 11) is 3.67. The van der Waals surface area contributed by atoms with E-state index in [1.165, 1.54) is 0 Å². The van der Waals surface area contributed by atoms with Crippen LogP contribution >= 0.6 is 0 Å². The number of methoxy groups -OCH3 is 2. The van der Waals surface area contributed by atoms with Gasteiger partial charge in [0.05, 0.1) is 6.10 Å². The van der Waals surface area contributed by atoms with Gasteiger partial charge in [-0.05, 0) is 40.0 Å². The summed E-state index contributed by atoms with van der Waals surface area (Å²) in [5.74, 6) is 0. The Hall–Kier alpha value is -0.120. The van der Waals surface area contributed by atoms with Crippen molar-refractivity contribution in [2.45, 2.75) is 71.8 Å². The van der Waals surface area contributed by atoms with E-state index in [-0.39, 0.29) is 17.2 Å². The first kappa shape index (κ1) is 15.9. The molecule has 0 radical (unpaired) electrons. The van der Waals surface area contributed by atoms with Crippen LogP contribution in [0, 0.1) is 5.41 Å². The largest absolute Gasteiger partial charge is 0.380 e. The number of ether oxygens (including phenoxy) is 2. The number of likely N-dealkylation sites (tertiary alicyclic amines) is 1. The highest BCUT2D eigenvalue weighted by atomic mass is 16.5. The summed E-state index contributed by atoms with van der Waals surface area (Å²) in [4.78, 5) is 2.47. The molecule has 1 fully saturated rings. The van der Waals surface area contributed by atoms with Gasteiger partial charge in [0.25, 0.3) is 0 Å². The fraction of sp³-hybridized carbons (Fsp3) is 1.00. The van der Waals surface area contributed by atoms with Crippen molar-refractivity contribution >= 4 is 0 Å². The van der Waals surface area contributed by atoms with Crippen LogP contribution in [-0.4, -0.2) is 43.5 Å². The normalized spacial score (nSPS) is 29.5. The van der Waals surface area contributed by atoms with E-state index in [9.17, 15) is 0 Å². The Morgan fingerprint density at radius 1 is 1.11 bits per heavy atom. The minimum absolute atomic E-state index is 0.105. The zero-order valence-electron chi connectivity index (χ0n) is 13.2. The maximum atomic E-state index is 5.89. The molecule has 0 aromatic carbocycles. The van der Waals surface area contributed by atoms with Crippen molar-refractivity contribution in [1.82, 2.24) is 4.90 Å². The van der Waals surface area contributed by atoms with E-state index in [0.29, 0.717) is 6.10 Å². The Morgan fingerprint density at radius 2 is 1.67 bits per heavy atom. The standard InChI is InChI=1S/C15H31NO2/c1-8-15(9-2)10-12(17-6)11-16(13(15)18-7)14(3,4)5/h12-13H,8-11H2,1-7H3. The lowest BCUT2D eigenvalue weighted by atomic mass is 9.71. The Morgan fingerprint density at radius 3 is 2.00 bits per heavy atom. The zero-order valence-corrected chi connectivity index (χ0v) is 13.2. The van der Waals surface area contributed by atoms with Crippen LogP contribution in [0.15, 0.2) is 0 Å². The van der Waals surface area contributed by atoms with Gasteiger partial charge in [0, 0.05) is 31.7 Å². The molecule has 0 spiro atoms. The van der Waals surface area contributed by atoms with Crippen molar-refractivity contribution in [1.29, 1.82) is 0 Å². The Balaban J connectivity index is 3.09. The summed E-state index contributed by atoms with van der Waals surface area (Å²) in [5, 5.41) is 0. The van der Waals surface area contributed by atoms with Crippen LogP contribution in [0.3, 0.4) is 0 Å². The molecule has 0 bridgehead atoms. The number of rotatable bonds is 4. The number of piperidine rings is 1. The molecule has 0 saturated carbocycles. The van der Waals surface area contributed by atoms with E-state index < -0.39 is 0 Å². The molecule has 2 unspecified atom stereocenters. The minimum atomic E-state index is 0.105. The van der Waals surface area contributed by atoms with Crippen molar-refractivity contribution < 1.29 is 9.47 Å². The van der Waals surface area contributed by atoms with E-state index in [4.69, 9.17) is 9.47 Å². The monoisotopic (exact) mass is 257 g/mol. The van der Waals surface area contributed by atoms with Crippen LogP contribution in [0.1, 0.15) is 53.9 Å². The van der Waals surface area contributed by atoms with Gasteiger partial charge < -0.3 is 9.47 Å². The van der Waals surface area contributed by atoms with Crippen molar-refractivity contribution in [3.8, 4) is 0 Å². The predicted molar refractivity (Wildman–Crippen MR) is 75.7 cm³/mol. The number of hydrogen-bond donors (Lipinski definition) is 0. The molecule has 0 N–H and O–H groups in total. The molecular formula is C15H31NO2. The fourth-order valence-corrected chi connectivity index (χ4v) is 3.31. The quantitative estimate of drug-likeness (QED) is 0.771. The second kappa shape index (κ2) is 5.89. The highest BCUT2D eigenvalue weighted by Gasteiger charge is 2.49. The maximum Gasteiger partial charge on any atom is 0.116 e. The average molecular weight is 257 g/mol. The van der Waals surface area contributed by atoms with E-state index in [1.807, 2.05) is 14.2 Å². The minimum Gasteiger partial charge on any atom is -0.380 e. The van der Waals surface area contributed by atoms with Crippen LogP contribution < -0.4 is 0 Å². The Labute approximate surface area is 113 Å². The van der Waals surface area contributed by atoms with Gasteiger partial charge in [-0.1, -0.05) is 13.8 Å². The van der Waals surface area contributed by atoms with Crippen LogP contribution in [0.25, 0.3) is 0 Å². The maximum absolute atomic E-state index is 5.89. The first-order valence-electron chi connectivity index (χ1n) is 7.17. The number of nitrogens with zero attached hydrogens (tertiary/aromatic N) is 1. The molecule has 1 heterocycles. The van der Waals surface area contributed by atoms with Crippen LogP contribution in [0.4, 0.5) is 0 Å². The predicted octanol–water partition coefficient (Wildman–Crippen LogP) is 3.28. The molecule has 3 nitrogen and oxygen atoms in total.